The minimum absolute atomic E-state index is 0.200. The number of carbonyl (C=O) groups is 2. The molecule has 2 saturated heterocycles. The second kappa shape index (κ2) is 5.67. The standard InChI is InChI=1S/C13H19N3O4/c1-2-13(11(17)18)4-3-5-16(13)12(19)15-6-7-20-10(8-14)9-15/h10H,2-7,9H2,1H3,(H,17,18). The van der Waals surface area contributed by atoms with E-state index in [9.17, 15) is 14.7 Å². The summed E-state index contributed by atoms with van der Waals surface area (Å²) in [6.45, 7) is 3.15. The van der Waals surface area contributed by atoms with Crippen LogP contribution in [0.1, 0.15) is 26.2 Å². The SMILES string of the molecule is CCC1(C(=O)O)CCCN1C(=O)N1CCOC(C#N)C1. The normalized spacial score (nSPS) is 30.1. The van der Waals surface area contributed by atoms with Crippen molar-refractivity contribution in [2.24, 2.45) is 0 Å². The first-order chi connectivity index (χ1) is 9.55. The molecule has 2 unspecified atom stereocenters. The molecule has 2 aliphatic heterocycles. The number of likely N-dealkylation sites (tertiary alicyclic amines) is 1. The van der Waals surface area contributed by atoms with Crippen molar-refractivity contribution in [2.45, 2.75) is 37.8 Å². The Morgan fingerprint density at radius 1 is 1.50 bits per heavy atom. The van der Waals surface area contributed by atoms with Gasteiger partial charge in [-0.15, -0.1) is 0 Å². The van der Waals surface area contributed by atoms with E-state index in [0.29, 0.717) is 39.0 Å². The number of nitriles is 1. The van der Waals surface area contributed by atoms with Gasteiger partial charge in [0.05, 0.1) is 19.2 Å². The van der Waals surface area contributed by atoms with Gasteiger partial charge in [0.2, 0.25) is 0 Å². The third-order valence-electron chi connectivity index (χ3n) is 4.18. The van der Waals surface area contributed by atoms with Crippen LogP contribution >= 0.6 is 0 Å². The van der Waals surface area contributed by atoms with Crippen LogP contribution in [0.4, 0.5) is 4.79 Å². The molecule has 110 valence electrons. The summed E-state index contributed by atoms with van der Waals surface area (Å²) in [4.78, 5) is 27.1. The molecule has 2 aliphatic rings. The molecule has 7 nitrogen and oxygen atoms in total. The highest BCUT2D eigenvalue weighted by Gasteiger charge is 2.49. The molecule has 0 aromatic rings. The van der Waals surface area contributed by atoms with Gasteiger partial charge in [-0.2, -0.15) is 5.26 Å². The van der Waals surface area contributed by atoms with E-state index in [1.54, 1.807) is 6.92 Å². The Kier molecular flexibility index (Phi) is 4.14. The van der Waals surface area contributed by atoms with E-state index in [4.69, 9.17) is 10.00 Å². The van der Waals surface area contributed by atoms with Crippen molar-refractivity contribution in [3.8, 4) is 6.07 Å². The third-order valence-corrected chi connectivity index (χ3v) is 4.18. The average Bonchev–Trinajstić information content (AvgIpc) is 2.91. The van der Waals surface area contributed by atoms with Gasteiger partial charge in [0.15, 0.2) is 6.10 Å². The third kappa shape index (κ3) is 2.31. The molecule has 2 amide bonds. The number of aliphatic carboxylic acids is 1. The minimum Gasteiger partial charge on any atom is -0.479 e. The highest BCUT2D eigenvalue weighted by molar-refractivity contribution is 5.87. The molecule has 2 atom stereocenters. The summed E-state index contributed by atoms with van der Waals surface area (Å²) in [7, 11) is 0. The summed E-state index contributed by atoms with van der Waals surface area (Å²) in [5.74, 6) is -0.948. The van der Waals surface area contributed by atoms with Crippen molar-refractivity contribution in [1.29, 1.82) is 5.26 Å². The number of urea groups is 1. The molecule has 0 aliphatic carbocycles. The molecule has 0 spiro atoms. The first-order valence-electron chi connectivity index (χ1n) is 6.86. The van der Waals surface area contributed by atoms with Gasteiger partial charge in [-0.1, -0.05) is 6.92 Å². The molecule has 0 radical (unpaired) electrons. The molecule has 2 heterocycles. The number of rotatable bonds is 2. The van der Waals surface area contributed by atoms with Gasteiger partial charge in [0.25, 0.3) is 0 Å². The van der Waals surface area contributed by atoms with Crippen LogP contribution in [0, 0.1) is 11.3 Å². The van der Waals surface area contributed by atoms with Crippen LogP contribution in [-0.2, 0) is 9.53 Å². The number of nitrogens with zero attached hydrogens (tertiary/aromatic N) is 3. The highest BCUT2D eigenvalue weighted by atomic mass is 16.5. The van der Waals surface area contributed by atoms with Crippen LogP contribution in [0.3, 0.4) is 0 Å². The Morgan fingerprint density at radius 2 is 2.25 bits per heavy atom. The largest absolute Gasteiger partial charge is 0.479 e. The van der Waals surface area contributed by atoms with Gasteiger partial charge < -0.3 is 19.6 Å². The Hall–Kier alpha value is -1.81. The molecule has 1 N–H and O–H groups in total. The fraction of sp³-hybridized carbons (Fsp3) is 0.769. The lowest BCUT2D eigenvalue weighted by Gasteiger charge is -2.39. The maximum Gasteiger partial charge on any atom is 0.329 e. The summed E-state index contributed by atoms with van der Waals surface area (Å²) in [5.41, 5.74) is -1.10. The lowest BCUT2D eigenvalue weighted by molar-refractivity contribution is -0.148. The molecule has 20 heavy (non-hydrogen) atoms. The van der Waals surface area contributed by atoms with Crippen LogP contribution in [-0.4, -0.2) is 64.8 Å². The molecular weight excluding hydrogens is 262 g/mol. The molecular formula is C13H19N3O4. The van der Waals surface area contributed by atoms with E-state index in [0.717, 1.165) is 0 Å². The minimum atomic E-state index is -1.10. The van der Waals surface area contributed by atoms with Gasteiger partial charge in [-0.05, 0) is 19.3 Å². The molecule has 0 aromatic heterocycles. The van der Waals surface area contributed by atoms with E-state index in [2.05, 4.69) is 0 Å². The average molecular weight is 281 g/mol. The number of ether oxygens (including phenoxy) is 1. The number of carboxylic acid groups (broad SMARTS) is 1. The van der Waals surface area contributed by atoms with Gasteiger partial charge >= 0.3 is 12.0 Å². The summed E-state index contributed by atoms with van der Waals surface area (Å²) in [6.07, 6.45) is 0.936. The van der Waals surface area contributed by atoms with Crippen molar-refractivity contribution in [1.82, 2.24) is 9.80 Å². The maximum atomic E-state index is 12.6. The van der Waals surface area contributed by atoms with Crippen LogP contribution in [0.2, 0.25) is 0 Å². The zero-order chi connectivity index (χ0) is 14.8. The predicted molar refractivity (Wildman–Crippen MR) is 68.9 cm³/mol. The fourth-order valence-corrected chi connectivity index (χ4v) is 2.97. The first kappa shape index (κ1) is 14.6. The summed E-state index contributed by atoms with van der Waals surface area (Å²) in [5, 5.41) is 18.4. The molecule has 0 saturated carbocycles. The van der Waals surface area contributed by atoms with Gasteiger partial charge in [0, 0.05) is 13.1 Å². The van der Waals surface area contributed by atoms with Crippen molar-refractivity contribution < 1.29 is 19.4 Å². The number of morpholine rings is 1. The lowest BCUT2D eigenvalue weighted by atomic mass is 9.93. The maximum absolute atomic E-state index is 12.6. The molecule has 2 rings (SSSR count). The van der Waals surface area contributed by atoms with Gasteiger partial charge in [-0.25, -0.2) is 9.59 Å². The number of carboxylic acids is 1. The number of amides is 2. The molecule has 2 fully saturated rings. The van der Waals surface area contributed by atoms with Gasteiger partial charge in [-0.3, -0.25) is 0 Å². The zero-order valence-corrected chi connectivity index (χ0v) is 11.5. The van der Waals surface area contributed by atoms with E-state index >= 15 is 0 Å². The van der Waals surface area contributed by atoms with Crippen molar-refractivity contribution in [3.05, 3.63) is 0 Å². The Labute approximate surface area is 117 Å². The van der Waals surface area contributed by atoms with E-state index in [-0.39, 0.29) is 12.6 Å². The quantitative estimate of drug-likeness (QED) is 0.802. The fourth-order valence-electron chi connectivity index (χ4n) is 2.97. The van der Waals surface area contributed by atoms with E-state index in [1.807, 2.05) is 6.07 Å². The van der Waals surface area contributed by atoms with E-state index < -0.39 is 17.6 Å². The second-order valence-electron chi connectivity index (χ2n) is 5.16. The lowest BCUT2D eigenvalue weighted by Crippen LogP contribution is -2.58. The smallest absolute Gasteiger partial charge is 0.329 e. The summed E-state index contributed by atoms with van der Waals surface area (Å²) in [6, 6.07) is 1.69. The van der Waals surface area contributed by atoms with Crippen molar-refractivity contribution in [3.63, 3.8) is 0 Å². The predicted octanol–water partition coefficient (Wildman–Crippen LogP) is 0.660. The monoisotopic (exact) mass is 281 g/mol. The number of carbonyl (C=O) groups excluding carboxylic acids is 1. The van der Waals surface area contributed by atoms with E-state index in [1.165, 1.54) is 9.80 Å². The zero-order valence-electron chi connectivity index (χ0n) is 11.5. The Balaban J connectivity index is 2.15. The highest BCUT2D eigenvalue weighted by Crippen LogP contribution is 2.33. The Morgan fingerprint density at radius 3 is 2.85 bits per heavy atom. The number of hydrogen-bond acceptors (Lipinski definition) is 4. The van der Waals surface area contributed by atoms with Gasteiger partial charge in [0.1, 0.15) is 5.54 Å². The molecule has 0 bridgehead atoms. The van der Waals surface area contributed by atoms with Crippen LogP contribution < -0.4 is 0 Å². The first-order valence-corrected chi connectivity index (χ1v) is 6.86. The summed E-state index contributed by atoms with van der Waals surface area (Å²) >= 11 is 0. The second-order valence-corrected chi connectivity index (χ2v) is 5.16. The van der Waals surface area contributed by atoms with Crippen molar-refractivity contribution >= 4 is 12.0 Å². The van der Waals surface area contributed by atoms with Crippen LogP contribution in [0.5, 0.6) is 0 Å². The van der Waals surface area contributed by atoms with Crippen molar-refractivity contribution in [2.75, 3.05) is 26.2 Å². The Bertz CT molecular complexity index is 447. The number of hydrogen-bond donors (Lipinski definition) is 1. The summed E-state index contributed by atoms with van der Waals surface area (Å²) < 4.78 is 5.21. The van der Waals surface area contributed by atoms with Crippen LogP contribution in [0.25, 0.3) is 0 Å². The molecule has 7 heteroatoms. The molecule has 0 aromatic carbocycles. The van der Waals surface area contributed by atoms with Crippen LogP contribution in [0.15, 0.2) is 0 Å². The topological polar surface area (TPSA) is 93.9 Å².